The summed E-state index contributed by atoms with van der Waals surface area (Å²) in [6, 6.07) is 4.27. The van der Waals surface area contributed by atoms with Crippen molar-refractivity contribution in [1.29, 1.82) is 5.41 Å². The Balaban J connectivity index is 1.42. The summed E-state index contributed by atoms with van der Waals surface area (Å²) in [5.41, 5.74) is 18.5. The number of guanidine groups is 1. The van der Waals surface area contributed by atoms with Gasteiger partial charge in [-0.25, -0.2) is 14.1 Å². The lowest BCUT2D eigenvalue weighted by Crippen LogP contribution is -2.62. The molecule has 2 aliphatic rings. The molecule has 3 atom stereocenters. The van der Waals surface area contributed by atoms with Gasteiger partial charge in [0.25, 0.3) is 6.10 Å². The van der Waals surface area contributed by atoms with Crippen LogP contribution in [0, 0.1) is 11.3 Å². The van der Waals surface area contributed by atoms with E-state index in [1.54, 1.807) is 12.1 Å². The number of nitrogens with zero attached hydrogens (tertiary/aromatic N) is 5. The minimum atomic E-state index is -4.79. The molecule has 2 aromatic rings. The van der Waals surface area contributed by atoms with Crippen LogP contribution in [0.1, 0.15) is 43.0 Å². The molecule has 1 amide bonds. The van der Waals surface area contributed by atoms with Gasteiger partial charge in [-0.15, -0.1) is 11.3 Å². The number of amides is 1. The van der Waals surface area contributed by atoms with Crippen LogP contribution >= 0.6 is 11.3 Å². The highest BCUT2D eigenvalue weighted by atomic mass is 32.2. The van der Waals surface area contributed by atoms with E-state index in [4.69, 9.17) is 32.2 Å². The lowest BCUT2D eigenvalue weighted by Gasteiger charge is -2.41. The molecule has 2 aliphatic heterocycles. The molecule has 1 saturated heterocycles. The van der Waals surface area contributed by atoms with Crippen LogP contribution in [0.3, 0.4) is 0 Å². The highest BCUT2D eigenvalue weighted by molar-refractivity contribution is 7.84. The Bertz CT molecular complexity index is 1660. The summed E-state index contributed by atoms with van der Waals surface area (Å²) in [6.45, 7) is 4.12. The summed E-state index contributed by atoms with van der Waals surface area (Å²) < 4.78 is 38.1. The van der Waals surface area contributed by atoms with Crippen molar-refractivity contribution in [2.45, 2.75) is 51.4 Å². The molecule has 1 aromatic heterocycles. The van der Waals surface area contributed by atoms with Crippen LogP contribution in [0.2, 0.25) is 0 Å². The van der Waals surface area contributed by atoms with Gasteiger partial charge in [-0.3, -0.25) is 19.6 Å². The van der Waals surface area contributed by atoms with Crippen molar-refractivity contribution in [1.82, 2.24) is 19.1 Å². The summed E-state index contributed by atoms with van der Waals surface area (Å²) in [4.78, 5) is 50.7. The van der Waals surface area contributed by atoms with E-state index in [-0.39, 0.29) is 15.1 Å². The first-order chi connectivity index (χ1) is 22.7. The normalized spacial score (nSPS) is 18.2. The molecule has 20 heteroatoms. The number of nitrogens with two attached hydrogens (primary N) is 3. The Kier molecular flexibility index (Phi) is 11.9. The number of carbonyl (C=O) groups excluding carboxylic acids is 2. The molecule has 0 saturated carbocycles. The van der Waals surface area contributed by atoms with E-state index in [0.29, 0.717) is 51.0 Å². The van der Waals surface area contributed by atoms with Crippen molar-refractivity contribution in [2.75, 3.05) is 38.5 Å². The van der Waals surface area contributed by atoms with Crippen LogP contribution in [-0.4, -0.2) is 111 Å². The number of carboxylic acid groups (broad SMARTS) is 1. The van der Waals surface area contributed by atoms with Gasteiger partial charge >= 0.3 is 16.3 Å². The summed E-state index contributed by atoms with van der Waals surface area (Å²) in [6.07, 6.45) is -0.697. The number of ketones is 1. The summed E-state index contributed by atoms with van der Waals surface area (Å²) >= 11 is 0.981. The molecule has 0 aliphatic carbocycles. The number of thiazole rings is 1. The first-order valence-corrected chi connectivity index (χ1v) is 17.3. The molecule has 48 heavy (non-hydrogen) atoms. The van der Waals surface area contributed by atoms with Crippen LogP contribution in [-0.2, 0) is 42.6 Å². The highest BCUT2D eigenvalue weighted by Gasteiger charge is 2.51. The Hall–Kier alpha value is -4.37. The number of aromatic nitrogens is 1. The Morgan fingerprint density at radius 3 is 2.44 bits per heavy atom. The molecular weight excluding hydrogens is 670 g/mol. The number of carbonyl (C=O) groups is 3. The zero-order chi connectivity index (χ0) is 35.2. The molecule has 1 fully saturated rings. The van der Waals surface area contributed by atoms with Crippen molar-refractivity contribution < 1.29 is 42.0 Å². The van der Waals surface area contributed by atoms with Gasteiger partial charge < -0.3 is 41.7 Å². The van der Waals surface area contributed by atoms with Gasteiger partial charge in [-0.1, -0.05) is 11.2 Å². The molecule has 4 rings (SSSR count). The zero-order valence-electron chi connectivity index (χ0n) is 26.1. The maximum absolute atomic E-state index is 13.2. The van der Waals surface area contributed by atoms with E-state index in [1.165, 1.54) is 12.3 Å². The number of Topliss-reactive ketones (excluding diaryl/α,β-unsaturated/α-hetero) is 1. The van der Waals surface area contributed by atoms with Crippen molar-refractivity contribution in [2.24, 2.45) is 22.5 Å². The Morgan fingerprint density at radius 2 is 1.88 bits per heavy atom. The number of oxime groups is 1. The predicted molar refractivity (Wildman–Crippen MR) is 174 cm³/mol. The monoisotopic (exact) mass is 709 g/mol. The number of carboxylic acids is 1. The highest BCUT2D eigenvalue weighted by Crippen LogP contribution is 2.32. The third-order valence-electron chi connectivity index (χ3n) is 7.88. The molecule has 262 valence electrons. The first-order valence-electron chi connectivity index (χ1n) is 15.0. The maximum Gasteiger partial charge on any atom is 0.362 e. The number of β-lactam (4-membered cyclic amide) rings is 1. The molecule has 0 spiro atoms. The minimum Gasteiger partial charge on any atom is -0.489 e. The van der Waals surface area contributed by atoms with Gasteiger partial charge in [0.1, 0.15) is 18.1 Å². The van der Waals surface area contributed by atoms with Crippen LogP contribution in [0.5, 0.6) is 5.75 Å². The summed E-state index contributed by atoms with van der Waals surface area (Å²) in [7, 11) is -4.79. The van der Waals surface area contributed by atoms with Crippen LogP contribution in [0.15, 0.2) is 28.7 Å². The van der Waals surface area contributed by atoms with Crippen LogP contribution in [0.4, 0.5) is 5.13 Å². The number of nitrogens with one attached hydrogen (secondary N) is 1. The smallest absolute Gasteiger partial charge is 0.362 e. The topological polar surface area (TPSA) is 281 Å². The zero-order valence-corrected chi connectivity index (χ0v) is 27.8. The fourth-order valence-electron chi connectivity index (χ4n) is 5.30. The number of hydrogen-bond donors (Lipinski definition) is 6. The molecule has 0 bridgehead atoms. The first kappa shape index (κ1) is 36.5. The molecule has 0 radical (unpaired) electrons. The fraction of sp³-hybridized carbons (Fsp3) is 0.500. The molecule has 9 N–H and O–H groups in total. The van der Waals surface area contributed by atoms with Gasteiger partial charge in [-0.2, -0.15) is 8.42 Å². The third-order valence-corrected chi connectivity index (χ3v) is 9.56. The fourth-order valence-corrected chi connectivity index (χ4v) is 6.78. The van der Waals surface area contributed by atoms with Gasteiger partial charge in [0.05, 0.1) is 12.0 Å². The average molecular weight is 710 g/mol. The number of rotatable bonds is 17. The van der Waals surface area contributed by atoms with E-state index in [2.05, 4.69) is 10.1 Å². The van der Waals surface area contributed by atoms with E-state index in [0.717, 1.165) is 35.3 Å². The molecule has 3 heterocycles. The lowest BCUT2D eigenvalue weighted by atomic mass is 9.86. The van der Waals surface area contributed by atoms with E-state index < -0.39 is 64.8 Å². The number of fused-ring (bicyclic) bond motifs is 1. The second-order valence-corrected chi connectivity index (χ2v) is 13.4. The SMILES string of the molecule is C[C@H]1[C@H](CC(=O)/C(=N\OC(COc2ccc3c(c2)CN(C(=N)N(CCCN)CCCN)C3)C(=O)O)c2csc(N)n2)C(=O)N1S(=O)(=O)O. The van der Waals surface area contributed by atoms with Crippen molar-refractivity contribution >= 4 is 56.1 Å². The number of benzene rings is 1. The maximum atomic E-state index is 13.2. The molecule has 1 aromatic carbocycles. The standard InChI is InChI=1S/C28H39N9O9S2/c1-16-20(25(39)37(16)48(42,43)44)11-22(38)24(21-15-47-27(31)33-21)34-46-23(26(40)41)14-45-19-5-4-17-12-36(13-18(17)10-19)28(32)35(8-2-6-29)9-3-7-30/h4-5,10,15-16,20,23,32H,2-3,6-9,11-14,29-30H2,1H3,(H2,31,33)(H,40,41)(H,42,43,44)/b32-28?,34-24-/t16-,20-,23?/m0/s1. The number of ether oxygens (including phenoxy) is 1. The number of nitrogen functional groups attached to an aromatic ring is 1. The lowest BCUT2D eigenvalue weighted by molar-refractivity contribution is -0.152. The van der Waals surface area contributed by atoms with Gasteiger partial charge in [-0.05, 0) is 56.1 Å². The molecular formula is C28H39N9O9S2. The van der Waals surface area contributed by atoms with Crippen molar-refractivity contribution in [3.05, 3.63) is 40.4 Å². The van der Waals surface area contributed by atoms with Gasteiger partial charge in [0, 0.05) is 38.0 Å². The molecule has 18 nitrogen and oxygen atoms in total. The van der Waals surface area contributed by atoms with Gasteiger partial charge in [0.15, 0.2) is 22.6 Å². The van der Waals surface area contributed by atoms with Crippen molar-refractivity contribution in [3.63, 3.8) is 0 Å². The Morgan fingerprint density at radius 1 is 1.21 bits per heavy atom. The average Bonchev–Trinajstić information content (AvgIpc) is 3.66. The van der Waals surface area contributed by atoms with Crippen LogP contribution in [0.25, 0.3) is 0 Å². The van der Waals surface area contributed by atoms with Gasteiger partial charge in [0.2, 0.25) is 5.91 Å². The van der Waals surface area contributed by atoms with E-state index in [1.807, 2.05) is 15.9 Å². The second-order valence-electron chi connectivity index (χ2n) is 11.2. The Labute approximate surface area is 280 Å². The van der Waals surface area contributed by atoms with E-state index in [9.17, 15) is 32.5 Å². The largest absolute Gasteiger partial charge is 0.489 e. The third kappa shape index (κ3) is 8.55. The van der Waals surface area contributed by atoms with E-state index >= 15 is 0 Å². The molecule has 1 unspecified atom stereocenters. The minimum absolute atomic E-state index is 0.0306. The second kappa shape index (κ2) is 15.7. The summed E-state index contributed by atoms with van der Waals surface area (Å²) in [5, 5.41) is 23.8. The summed E-state index contributed by atoms with van der Waals surface area (Å²) in [5.74, 6) is -3.56. The predicted octanol–water partition coefficient (Wildman–Crippen LogP) is -0.163. The number of hydrogen-bond acceptors (Lipinski definition) is 14. The quantitative estimate of drug-likeness (QED) is 0.0409. The number of anilines is 1. The van der Waals surface area contributed by atoms with Crippen LogP contribution < -0.4 is 21.9 Å². The number of aliphatic carboxylic acids is 1. The van der Waals surface area contributed by atoms with Crippen molar-refractivity contribution in [3.8, 4) is 5.75 Å².